The minimum atomic E-state index is -4.61. The number of carbonyl (C=O) groups is 2. The number of ether oxygens (including phenoxy) is 2. The Morgan fingerprint density at radius 3 is 2.30 bits per heavy atom. The molecule has 0 aliphatic heterocycles. The summed E-state index contributed by atoms with van der Waals surface area (Å²) in [6.07, 6.45) is -3.91. The van der Waals surface area contributed by atoms with Crippen LogP contribution in [0.1, 0.15) is 32.0 Å². The average molecular weight is 333 g/mol. The van der Waals surface area contributed by atoms with Gasteiger partial charge in [-0.05, 0) is 44.9 Å². The zero-order valence-corrected chi connectivity index (χ0v) is 13.2. The van der Waals surface area contributed by atoms with Crippen molar-refractivity contribution in [3.05, 3.63) is 29.6 Å². The highest BCUT2D eigenvalue weighted by Gasteiger charge is 2.35. The van der Waals surface area contributed by atoms with Crippen molar-refractivity contribution in [2.75, 3.05) is 7.11 Å². The summed E-state index contributed by atoms with van der Waals surface area (Å²) in [5.41, 5.74) is -1.80. The minimum absolute atomic E-state index is 0.133. The lowest BCUT2D eigenvalue weighted by Gasteiger charge is -2.23. The number of hydrogen-bond acceptors (Lipinski definition) is 5. The first kappa shape index (κ1) is 18.9. The maximum atomic E-state index is 12.7. The van der Waals surface area contributed by atoms with E-state index in [1.54, 1.807) is 20.8 Å². The largest absolute Gasteiger partial charge is 0.468 e. The Kier molecular flexibility index (Phi) is 5.74. The lowest BCUT2D eigenvalue weighted by Crippen LogP contribution is -2.34. The Morgan fingerprint density at radius 2 is 1.83 bits per heavy atom. The summed E-state index contributed by atoms with van der Waals surface area (Å²) in [7, 11) is 1.09. The highest BCUT2D eigenvalue weighted by Crippen LogP contribution is 2.28. The molecule has 1 rings (SSSR count). The molecule has 23 heavy (non-hydrogen) atoms. The van der Waals surface area contributed by atoms with E-state index < -0.39 is 35.3 Å². The number of methoxy groups -OCH3 is 1. The number of pyridine rings is 1. The monoisotopic (exact) mass is 333 g/mol. The molecule has 1 heterocycles. The number of carbonyl (C=O) groups excluding carboxylic acids is 2. The summed E-state index contributed by atoms with van der Waals surface area (Å²) in [5, 5.41) is 0. The maximum absolute atomic E-state index is 12.7. The van der Waals surface area contributed by atoms with Gasteiger partial charge in [-0.1, -0.05) is 0 Å². The highest BCUT2D eigenvalue weighted by atomic mass is 19.4. The second-order valence-electron chi connectivity index (χ2n) is 5.86. The third-order valence-electron chi connectivity index (χ3n) is 2.73. The van der Waals surface area contributed by atoms with Gasteiger partial charge in [-0.3, -0.25) is 14.6 Å². The average Bonchev–Trinajstić information content (AvgIpc) is 2.41. The van der Waals surface area contributed by atoms with Crippen molar-refractivity contribution in [2.45, 2.75) is 39.0 Å². The molecule has 1 aromatic heterocycles. The van der Waals surface area contributed by atoms with E-state index in [1.165, 1.54) is 6.07 Å². The van der Waals surface area contributed by atoms with Crippen LogP contribution in [0.25, 0.3) is 0 Å². The lowest BCUT2D eigenvalue weighted by molar-refractivity contribution is -0.168. The fourth-order valence-electron chi connectivity index (χ4n) is 1.77. The van der Waals surface area contributed by atoms with Gasteiger partial charge in [-0.15, -0.1) is 0 Å². The van der Waals surface area contributed by atoms with Crippen LogP contribution in [-0.2, 0) is 31.7 Å². The van der Waals surface area contributed by atoms with E-state index in [9.17, 15) is 22.8 Å². The molecule has 0 aliphatic carbocycles. The second-order valence-corrected chi connectivity index (χ2v) is 5.86. The molecule has 128 valence electrons. The highest BCUT2D eigenvalue weighted by molar-refractivity contribution is 5.95. The van der Waals surface area contributed by atoms with E-state index in [2.05, 4.69) is 9.72 Å². The Bertz CT molecular complexity index is 579. The number of hydrogen-bond donors (Lipinski definition) is 0. The molecule has 0 spiro atoms. The molecule has 0 bridgehead atoms. The van der Waals surface area contributed by atoms with Crippen molar-refractivity contribution in [3.8, 4) is 0 Å². The van der Waals surface area contributed by atoms with E-state index in [4.69, 9.17) is 4.74 Å². The van der Waals surface area contributed by atoms with Crippen LogP contribution in [0.3, 0.4) is 0 Å². The molecule has 0 unspecified atom stereocenters. The number of halogens is 3. The van der Waals surface area contributed by atoms with E-state index in [-0.39, 0.29) is 12.0 Å². The van der Waals surface area contributed by atoms with Crippen LogP contribution in [0.15, 0.2) is 18.3 Å². The van der Waals surface area contributed by atoms with Gasteiger partial charge in [0.15, 0.2) is 5.92 Å². The van der Waals surface area contributed by atoms with Crippen molar-refractivity contribution in [2.24, 2.45) is 5.92 Å². The van der Waals surface area contributed by atoms with Crippen molar-refractivity contribution in [1.29, 1.82) is 0 Å². The predicted molar refractivity (Wildman–Crippen MR) is 74.3 cm³/mol. The SMILES string of the molecule is COC(=O)[C@H](Cc1ccnc(C(F)(F)F)c1)C(=O)OC(C)(C)C. The molecule has 1 aromatic rings. The quantitative estimate of drug-likeness (QED) is 0.626. The van der Waals surface area contributed by atoms with Crippen LogP contribution in [0.5, 0.6) is 0 Å². The first-order valence-corrected chi connectivity index (χ1v) is 6.77. The third kappa shape index (κ3) is 5.88. The van der Waals surface area contributed by atoms with Gasteiger partial charge in [0.2, 0.25) is 0 Å². The number of aromatic nitrogens is 1. The number of alkyl halides is 3. The van der Waals surface area contributed by atoms with Gasteiger partial charge in [0, 0.05) is 6.20 Å². The van der Waals surface area contributed by atoms with E-state index >= 15 is 0 Å². The maximum Gasteiger partial charge on any atom is 0.433 e. The van der Waals surface area contributed by atoms with Crippen LogP contribution >= 0.6 is 0 Å². The van der Waals surface area contributed by atoms with E-state index in [0.717, 1.165) is 19.4 Å². The molecule has 0 N–H and O–H groups in total. The fraction of sp³-hybridized carbons (Fsp3) is 0.533. The number of rotatable bonds is 4. The summed E-state index contributed by atoms with van der Waals surface area (Å²) >= 11 is 0. The Hall–Kier alpha value is -2.12. The van der Waals surface area contributed by atoms with Gasteiger partial charge in [0.25, 0.3) is 0 Å². The molecular formula is C15H18F3NO4. The Morgan fingerprint density at radius 1 is 1.22 bits per heavy atom. The van der Waals surface area contributed by atoms with Crippen LogP contribution in [0.2, 0.25) is 0 Å². The standard InChI is InChI=1S/C15H18F3NO4/c1-14(2,3)23-13(21)10(12(20)22-4)7-9-5-6-19-11(8-9)15(16,17)18/h5-6,8,10H,7H2,1-4H3/t10-/m0/s1. The van der Waals surface area contributed by atoms with Crippen molar-refractivity contribution < 1.29 is 32.2 Å². The predicted octanol–water partition coefficient (Wildman–Crippen LogP) is 2.77. The summed E-state index contributed by atoms with van der Waals surface area (Å²) in [6.45, 7) is 4.86. The number of esters is 2. The van der Waals surface area contributed by atoms with Crippen molar-refractivity contribution in [1.82, 2.24) is 4.98 Å². The molecule has 5 nitrogen and oxygen atoms in total. The first-order chi connectivity index (χ1) is 10.4. The van der Waals surface area contributed by atoms with Gasteiger partial charge in [0.05, 0.1) is 7.11 Å². The number of nitrogens with zero attached hydrogens (tertiary/aromatic N) is 1. The topological polar surface area (TPSA) is 65.5 Å². The van der Waals surface area contributed by atoms with E-state index in [0.29, 0.717) is 0 Å². The van der Waals surface area contributed by atoms with Crippen LogP contribution in [-0.4, -0.2) is 29.6 Å². The van der Waals surface area contributed by atoms with Gasteiger partial charge in [-0.2, -0.15) is 13.2 Å². The minimum Gasteiger partial charge on any atom is -0.468 e. The lowest BCUT2D eigenvalue weighted by atomic mass is 9.99. The molecule has 0 aromatic carbocycles. The van der Waals surface area contributed by atoms with Gasteiger partial charge >= 0.3 is 18.1 Å². The summed E-state index contributed by atoms with van der Waals surface area (Å²) in [4.78, 5) is 27.1. The van der Waals surface area contributed by atoms with Crippen LogP contribution < -0.4 is 0 Å². The smallest absolute Gasteiger partial charge is 0.433 e. The van der Waals surface area contributed by atoms with Gasteiger partial charge in [0.1, 0.15) is 11.3 Å². The van der Waals surface area contributed by atoms with Crippen molar-refractivity contribution in [3.63, 3.8) is 0 Å². The molecule has 0 saturated carbocycles. The molecule has 0 fully saturated rings. The van der Waals surface area contributed by atoms with Gasteiger partial charge in [-0.25, -0.2) is 0 Å². The molecule has 0 aliphatic rings. The molecule has 0 radical (unpaired) electrons. The molecular weight excluding hydrogens is 315 g/mol. The Balaban J connectivity index is 3.03. The van der Waals surface area contributed by atoms with Crippen LogP contribution in [0, 0.1) is 5.92 Å². The summed E-state index contributed by atoms with van der Waals surface area (Å²) < 4.78 is 47.7. The molecule has 0 amide bonds. The zero-order chi connectivity index (χ0) is 17.8. The fourth-order valence-corrected chi connectivity index (χ4v) is 1.77. The van der Waals surface area contributed by atoms with E-state index in [1.807, 2.05) is 0 Å². The molecule has 1 atom stereocenters. The summed E-state index contributed by atoms with van der Waals surface area (Å²) in [6, 6.07) is 2.09. The van der Waals surface area contributed by atoms with Gasteiger partial charge < -0.3 is 9.47 Å². The second kappa shape index (κ2) is 6.97. The molecule has 0 saturated heterocycles. The zero-order valence-electron chi connectivity index (χ0n) is 13.2. The third-order valence-corrected chi connectivity index (χ3v) is 2.73. The summed E-state index contributed by atoms with van der Waals surface area (Å²) in [5.74, 6) is -3.07. The first-order valence-electron chi connectivity index (χ1n) is 6.77. The Labute approximate surface area is 131 Å². The van der Waals surface area contributed by atoms with Crippen molar-refractivity contribution >= 4 is 11.9 Å². The van der Waals surface area contributed by atoms with Crippen LogP contribution in [0.4, 0.5) is 13.2 Å². The normalized spacial score (nSPS) is 13.3. The molecule has 8 heteroatoms.